The third-order valence-corrected chi connectivity index (χ3v) is 6.70. The van der Waals surface area contributed by atoms with Gasteiger partial charge in [0, 0.05) is 24.0 Å². The van der Waals surface area contributed by atoms with Crippen LogP contribution in [0.2, 0.25) is 0 Å². The standard InChI is InChI=1S/C26H32N4O4/c1-17-4-6-18(7-5-17)23-15-22(21-9-8-20(33-2)14-24(21)34-3)28-30(23)25(31)16-29-12-10-19(11-13-29)26(27)32/h4-9,14,19,23H,10-13,15-16H2,1-3H3,(H2,27,32)/t23-/m1/s1. The van der Waals surface area contributed by atoms with Crippen LogP contribution in [0.5, 0.6) is 11.5 Å². The van der Waals surface area contributed by atoms with Crippen molar-refractivity contribution in [2.24, 2.45) is 16.8 Å². The number of carbonyl (C=O) groups excluding carboxylic acids is 2. The Hall–Kier alpha value is -3.39. The number of rotatable bonds is 7. The lowest BCUT2D eigenvalue weighted by Gasteiger charge is -2.31. The molecule has 0 radical (unpaired) electrons. The number of hydrogen-bond acceptors (Lipinski definition) is 6. The van der Waals surface area contributed by atoms with Crippen LogP contribution in [0, 0.1) is 12.8 Å². The van der Waals surface area contributed by atoms with Crippen molar-refractivity contribution in [2.45, 2.75) is 32.2 Å². The van der Waals surface area contributed by atoms with Crippen molar-refractivity contribution < 1.29 is 19.1 Å². The van der Waals surface area contributed by atoms with Crippen LogP contribution < -0.4 is 15.2 Å². The van der Waals surface area contributed by atoms with E-state index in [1.54, 1.807) is 19.2 Å². The fourth-order valence-corrected chi connectivity index (χ4v) is 4.63. The van der Waals surface area contributed by atoms with E-state index >= 15 is 0 Å². The first-order valence-electron chi connectivity index (χ1n) is 11.6. The lowest BCUT2D eigenvalue weighted by molar-refractivity contribution is -0.134. The van der Waals surface area contributed by atoms with Crippen molar-refractivity contribution in [3.8, 4) is 11.5 Å². The second-order valence-electron chi connectivity index (χ2n) is 8.93. The largest absolute Gasteiger partial charge is 0.497 e. The van der Waals surface area contributed by atoms with Gasteiger partial charge in [0.25, 0.3) is 5.91 Å². The van der Waals surface area contributed by atoms with E-state index in [1.165, 1.54) is 0 Å². The fourth-order valence-electron chi connectivity index (χ4n) is 4.63. The van der Waals surface area contributed by atoms with Crippen LogP contribution in [-0.4, -0.2) is 61.3 Å². The van der Waals surface area contributed by atoms with Crippen LogP contribution in [0.15, 0.2) is 47.6 Å². The normalized spacial score (nSPS) is 19.1. The predicted molar refractivity (Wildman–Crippen MR) is 130 cm³/mol. The molecule has 2 aromatic rings. The van der Waals surface area contributed by atoms with E-state index in [2.05, 4.69) is 29.2 Å². The summed E-state index contributed by atoms with van der Waals surface area (Å²) in [6, 6.07) is 13.6. The topological polar surface area (TPSA) is 97.5 Å². The van der Waals surface area contributed by atoms with Crippen molar-refractivity contribution in [3.63, 3.8) is 0 Å². The molecule has 0 saturated carbocycles. The zero-order chi connectivity index (χ0) is 24.2. The van der Waals surface area contributed by atoms with Gasteiger partial charge in [0.05, 0.1) is 32.5 Å². The van der Waals surface area contributed by atoms with E-state index in [4.69, 9.17) is 20.3 Å². The maximum atomic E-state index is 13.4. The van der Waals surface area contributed by atoms with E-state index in [0.29, 0.717) is 43.9 Å². The second-order valence-corrected chi connectivity index (χ2v) is 8.93. The number of aryl methyl sites for hydroxylation is 1. The molecule has 0 unspecified atom stereocenters. The van der Waals surface area contributed by atoms with E-state index < -0.39 is 0 Å². The first-order valence-corrected chi connectivity index (χ1v) is 11.6. The molecule has 34 heavy (non-hydrogen) atoms. The number of ether oxygens (including phenoxy) is 2. The molecular formula is C26H32N4O4. The van der Waals surface area contributed by atoms with Gasteiger partial charge in [-0.3, -0.25) is 14.5 Å². The average molecular weight is 465 g/mol. The summed E-state index contributed by atoms with van der Waals surface area (Å²) in [5.74, 6) is 0.925. The van der Waals surface area contributed by atoms with Gasteiger partial charge >= 0.3 is 0 Å². The molecule has 0 aliphatic carbocycles. The molecule has 1 fully saturated rings. The minimum absolute atomic E-state index is 0.0643. The van der Waals surface area contributed by atoms with Gasteiger partial charge in [-0.2, -0.15) is 5.10 Å². The molecule has 2 aromatic carbocycles. The van der Waals surface area contributed by atoms with Crippen LogP contribution >= 0.6 is 0 Å². The highest BCUT2D eigenvalue weighted by Crippen LogP contribution is 2.36. The highest BCUT2D eigenvalue weighted by Gasteiger charge is 2.35. The summed E-state index contributed by atoms with van der Waals surface area (Å²) in [6.07, 6.45) is 1.95. The molecule has 8 nitrogen and oxygen atoms in total. The number of nitrogens with zero attached hydrogens (tertiary/aromatic N) is 3. The number of benzene rings is 2. The number of likely N-dealkylation sites (tertiary alicyclic amines) is 1. The number of nitrogens with two attached hydrogens (primary N) is 1. The van der Waals surface area contributed by atoms with Crippen LogP contribution in [0.1, 0.15) is 42.0 Å². The molecular weight excluding hydrogens is 432 g/mol. The maximum absolute atomic E-state index is 13.4. The molecule has 2 amide bonds. The Morgan fingerprint density at radius 3 is 2.38 bits per heavy atom. The summed E-state index contributed by atoms with van der Waals surface area (Å²) >= 11 is 0. The number of methoxy groups -OCH3 is 2. The van der Waals surface area contributed by atoms with Crippen LogP contribution in [0.3, 0.4) is 0 Å². The quantitative estimate of drug-likeness (QED) is 0.680. The molecule has 2 aliphatic rings. The van der Waals surface area contributed by atoms with Crippen LogP contribution in [0.25, 0.3) is 0 Å². The summed E-state index contributed by atoms with van der Waals surface area (Å²) in [5, 5.41) is 6.41. The molecule has 2 N–H and O–H groups in total. The molecule has 2 aliphatic heterocycles. The van der Waals surface area contributed by atoms with Crippen molar-refractivity contribution in [3.05, 3.63) is 59.2 Å². The van der Waals surface area contributed by atoms with Gasteiger partial charge in [0.2, 0.25) is 5.91 Å². The highest BCUT2D eigenvalue weighted by molar-refractivity contribution is 6.05. The molecule has 4 rings (SSSR count). The molecule has 0 bridgehead atoms. The molecule has 2 heterocycles. The predicted octanol–water partition coefficient (Wildman–Crippen LogP) is 2.89. The number of hydrogen-bond donors (Lipinski definition) is 1. The Balaban J connectivity index is 1.58. The summed E-state index contributed by atoms with van der Waals surface area (Å²) in [7, 11) is 3.23. The smallest absolute Gasteiger partial charge is 0.257 e. The number of amides is 2. The van der Waals surface area contributed by atoms with Gasteiger partial charge in [-0.15, -0.1) is 0 Å². The first kappa shape index (κ1) is 23.8. The molecule has 0 aromatic heterocycles. The van der Waals surface area contributed by atoms with Crippen molar-refractivity contribution in [2.75, 3.05) is 33.9 Å². The summed E-state index contributed by atoms with van der Waals surface area (Å²) in [5.41, 5.74) is 9.29. The Morgan fingerprint density at radius 1 is 1.06 bits per heavy atom. The SMILES string of the molecule is COc1ccc(C2=NN(C(=O)CN3CCC(C(N)=O)CC3)[C@@H](c3ccc(C)cc3)C2)c(OC)c1. The second kappa shape index (κ2) is 10.3. The minimum Gasteiger partial charge on any atom is -0.497 e. The van der Waals surface area contributed by atoms with Gasteiger partial charge in [0.15, 0.2) is 0 Å². The Bertz CT molecular complexity index is 1070. The Labute approximate surface area is 200 Å². The maximum Gasteiger partial charge on any atom is 0.257 e. The number of carbonyl (C=O) groups is 2. The molecule has 0 spiro atoms. The minimum atomic E-state index is -0.257. The number of primary amides is 1. The summed E-state index contributed by atoms with van der Waals surface area (Å²) < 4.78 is 10.9. The summed E-state index contributed by atoms with van der Waals surface area (Å²) in [6.45, 7) is 3.64. The van der Waals surface area contributed by atoms with Crippen molar-refractivity contribution in [1.29, 1.82) is 0 Å². The van der Waals surface area contributed by atoms with Crippen molar-refractivity contribution in [1.82, 2.24) is 9.91 Å². The van der Waals surface area contributed by atoms with Gasteiger partial charge in [-0.1, -0.05) is 29.8 Å². The zero-order valence-corrected chi connectivity index (χ0v) is 20.0. The highest BCUT2D eigenvalue weighted by atomic mass is 16.5. The lowest BCUT2D eigenvalue weighted by Crippen LogP contribution is -2.44. The van der Waals surface area contributed by atoms with Gasteiger partial charge in [-0.05, 0) is 50.6 Å². The number of hydrazone groups is 1. The van der Waals surface area contributed by atoms with E-state index in [0.717, 1.165) is 22.4 Å². The van der Waals surface area contributed by atoms with Gasteiger partial charge in [0.1, 0.15) is 11.5 Å². The fraction of sp³-hybridized carbons (Fsp3) is 0.423. The summed E-state index contributed by atoms with van der Waals surface area (Å²) in [4.78, 5) is 27.0. The molecule has 1 atom stereocenters. The Morgan fingerprint density at radius 2 is 1.76 bits per heavy atom. The lowest BCUT2D eigenvalue weighted by atomic mass is 9.96. The molecule has 8 heteroatoms. The van der Waals surface area contributed by atoms with E-state index in [-0.39, 0.29) is 30.3 Å². The van der Waals surface area contributed by atoms with Crippen LogP contribution in [-0.2, 0) is 9.59 Å². The van der Waals surface area contributed by atoms with Gasteiger partial charge < -0.3 is 15.2 Å². The average Bonchev–Trinajstić information content (AvgIpc) is 3.29. The third-order valence-electron chi connectivity index (χ3n) is 6.70. The Kier molecular flexibility index (Phi) is 7.17. The monoisotopic (exact) mass is 464 g/mol. The van der Waals surface area contributed by atoms with Crippen LogP contribution in [0.4, 0.5) is 0 Å². The van der Waals surface area contributed by atoms with E-state index in [1.807, 2.05) is 25.1 Å². The molecule has 1 saturated heterocycles. The van der Waals surface area contributed by atoms with Gasteiger partial charge in [-0.25, -0.2) is 5.01 Å². The first-order chi connectivity index (χ1) is 16.4. The number of piperidine rings is 1. The third kappa shape index (κ3) is 5.07. The molecule has 180 valence electrons. The van der Waals surface area contributed by atoms with E-state index in [9.17, 15) is 9.59 Å². The zero-order valence-electron chi connectivity index (χ0n) is 20.0. The van der Waals surface area contributed by atoms with Crippen molar-refractivity contribution >= 4 is 17.5 Å².